The number of ether oxygens (including phenoxy) is 1. The Morgan fingerprint density at radius 3 is 2.02 bits per heavy atom. The van der Waals surface area contributed by atoms with Crippen molar-refractivity contribution in [3.8, 4) is 0 Å². The van der Waals surface area contributed by atoms with Crippen LogP contribution in [0.15, 0.2) is 67.3 Å². The third kappa shape index (κ3) is 18.0. The van der Waals surface area contributed by atoms with Crippen molar-refractivity contribution >= 4 is 52.4 Å². The molecule has 3 aromatic rings. The Kier molecular flexibility index (Phi) is 21.1. The van der Waals surface area contributed by atoms with E-state index in [1.807, 2.05) is 22.9 Å². The molecule has 0 aliphatic rings. The number of aliphatic carboxylic acids is 1. The summed E-state index contributed by atoms with van der Waals surface area (Å²) in [6, 6.07) is 10.7. The zero-order valence-electron chi connectivity index (χ0n) is 26.4. The van der Waals surface area contributed by atoms with Crippen molar-refractivity contribution in [2.75, 3.05) is 0 Å². The number of aromatic nitrogens is 2. The molecule has 0 aliphatic carbocycles. The van der Waals surface area contributed by atoms with Crippen molar-refractivity contribution in [2.24, 2.45) is 0 Å². The lowest BCUT2D eigenvalue weighted by Crippen LogP contribution is -2.12. The standard InChI is InChI=1S/C18H14Cl4N2O.C18H34O2/c19-13-2-1-12(16(21)7-13)10-25-18(9-24-6-5-23-11-24)15-4-3-14(20)8-17(15)22;1-2-3-4-5-6-7-8-9-10-11-12-13-14-15-16-17-18(19)20/h1-8,11,18H,9-10H2;9-10H,2-8,11-17H2,1H3,(H,19,20)/b;10-9+. The van der Waals surface area contributed by atoms with Gasteiger partial charge in [-0.2, -0.15) is 0 Å². The maximum atomic E-state index is 10.3. The minimum Gasteiger partial charge on any atom is -0.481 e. The van der Waals surface area contributed by atoms with Crippen LogP contribution in [0.5, 0.6) is 0 Å². The average Bonchev–Trinajstić information content (AvgIpc) is 3.52. The van der Waals surface area contributed by atoms with E-state index in [0.717, 1.165) is 24.0 Å². The molecular formula is C36H48Cl4N2O3. The summed E-state index contributed by atoms with van der Waals surface area (Å²) >= 11 is 24.5. The van der Waals surface area contributed by atoms with E-state index in [9.17, 15) is 4.79 Å². The Morgan fingerprint density at radius 1 is 0.844 bits per heavy atom. The Balaban J connectivity index is 0.000000324. The van der Waals surface area contributed by atoms with Crippen molar-refractivity contribution in [3.05, 3.63) is 98.5 Å². The molecule has 1 heterocycles. The number of hydrogen-bond donors (Lipinski definition) is 1. The van der Waals surface area contributed by atoms with Gasteiger partial charge < -0.3 is 14.4 Å². The highest BCUT2D eigenvalue weighted by molar-refractivity contribution is 6.35. The molecule has 0 bridgehead atoms. The van der Waals surface area contributed by atoms with Gasteiger partial charge in [-0.05, 0) is 61.9 Å². The van der Waals surface area contributed by atoms with Gasteiger partial charge in [0.05, 0.1) is 19.5 Å². The van der Waals surface area contributed by atoms with Gasteiger partial charge in [-0.25, -0.2) is 4.98 Å². The van der Waals surface area contributed by atoms with E-state index in [1.54, 1.807) is 36.8 Å². The maximum Gasteiger partial charge on any atom is 0.303 e. The van der Waals surface area contributed by atoms with Gasteiger partial charge >= 0.3 is 5.97 Å². The van der Waals surface area contributed by atoms with Gasteiger partial charge in [0.25, 0.3) is 0 Å². The number of hydrogen-bond acceptors (Lipinski definition) is 3. The molecule has 1 N–H and O–H groups in total. The predicted molar refractivity (Wildman–Crippen MR) is 190 cm³/mol. The van der Waals surface area contributed by atoms with E-state index in [2.05, 4.69) is 24.1 Å². The number of carbonyl (C=O) groups is 1. The minimum absolute atomic E-state index is 0.286. The summed E-state index contributed by atoms with van der Waals surface area (Å²) in [5.74, 6) is -0.664. The first-order valence-corrected chi connectivity index (χ1v) is 17.6. The first-order valence-electron chi connectivity index (χ1n) is 16.1. The molecule has 1 atom stereocenters. The first kappa shape index (κ1) is 39.2. The Morgan fingerprint density at radius 2 is 1.44 bits per heavy atom. The van der Waals surface area contributed by atoms with Crippen LogP contribution in [0.1, 0.15) is 114 Å². The van der Waals surface area contributed by atoms with Crippen molar-refractivity contribution < 1.29 is 14.6 Å². The molecule has 3 rings (SSSR count). The minimum atomic E-state index is -0.664. The zero-order valence-corrected chi connectivity index (χ0v) is 29.4. The van der Waals surface area contributed by atoms with Crippen molar-refractivity contribution in [2.45, 2.75) is 116 Å². The molecule has 0 radical (unpaired) electrons. The summed E-state index contributed by atoms with van der Waals surface area (Å²) in [5.41, 5.74) is 1.71. The Labute approximate surface area is 289 Å². The number of allylic oxidation sites excluding steroid dienone is 2. The van der Waals surface area contributed by atoms with Gasteiger partial charge in [0.15, 0.2) is 0 Å². The van der Waals surface area contributed by atoms with Crippen molar-refractivity contribution in [1.82, 2.24) is 9.55 Å². The van der Waals surface area contributed by atoms with Gasteiger partial charge in [0.2, 0.25) is 0 Å². The first-order chi connectivity index (χ1) is 21.8. The topological polar surface area (TPSA) is 64.3 Å². The highest BCUT2D eigenvalue weighted by Gasteiger charge is 2.17. The van der Waals surface area contributed by atoms with Crippen LogP contribution in [0.3, 0.4) is 0 Å². The number of halogens is 4. The van der Waals surface area contributed by atoms with Crippen LogP contribution in [0, 0.1) is 0 Å². The summed E-state index contributed by atoms with van der Waals surface area (Å²) in [7, 11) is 0. The van der Waals surface area contributed by atoms with Crippen LogP contribution < -0.4 is 0 Å². The quantitative estimate of drug-likeness (QED) is 0.0888. The molecular weight excluding hydrogens is 650 g/mol. The van der Waals surface area contributed by atoms with E-state index in [4.69, 9.17) is 56.2 Å². The van der Waals surface area contributed by atoms with Gasteiger partial charge in [-0.1, -0.05) is 129 Å². The summed E-state index contributed by atoms with van der Waals surface area (Å²) in [5, 5.41) is 10.8. The molecule has 0 aliphatic heterocycles. The van der Waals surface area contributed by atoms with Crippen LogP contribution in [0.4, 0.5) is 0 Å². The number of rotatable bonds is 21. The Bertz CT molecular complexity index is 1250. The Hall–Kier alpha value is -2.02. The van der Waals surface area contributed by atoms with E-state index in [1.165, 1.54) is 70.6 Å². The molecule has 0 amide bonds. The number of benzene rings is 2. The van der Waals surface area contributed by atoms with E-state index >= 15 is 0 Å². The molecule has 248 valence electrons. The van der Waals surface area contributed by atoms with E-state index < -0.39 is 5.97 Å². The zero-order chi connectivity index (χ0) is 32.7. The lowest BCUT2D eigenvalue weighted by atomic mass is 10.1. The number of unbranched alkanes of at least 4 members (excludes halogenated alkanes) is 11. The number of nitrogens with zero attached hydrogens (tertiary/aromatic N) is 2. The molecule has 0 spiro atoms. The summed E-state index contributed by atoms with van der Waals surface area (Å²) in [6.45, 7) is 3.15. The van der Waals surface area contributed by atoms with E-state index in [-0.39, 0.29) is 6.10 Å². The molecule has 9 heteroatoms. The molecule has 5 nitrogen and oxygen atoms in total. The van der Waals surface area contributed by atoms with Crippen molar-refractivity contribution in [3.63, 3.8) is 0 Å². The van der Waals surface area contributed by atoms with Crippen LogP contribution in [0.2, 0.25) is 20.1 Å². The normalized spacial score (nSPS) is 11.8. The summed E-state index contributed by atoms with van der Waals surface area (Å²) in [6.07, 6.45) is 26.3. The molecule has 45 heavy (non-hydrogen) atoms. The predicted octanol–water partition coefficient (Wildman–Crippen LogP) is 12.6. The number of imidazole rings is 1. The highest BCUT2D eigenvalue weighted by Crippen LogP contribution is 2.31. The third-order valence-electron chi connectivity index (χ3n) is 7.35. The van der Waals surface area contributed by atoms with E-state index in [0.29, 0.717) is 39.7 Å². The molecule has 0 fully saturated rings. The SMILES string of the molecule is CCCCCCCC/C=C/CCCCCCCC(=O)O.Clc1ccc(COC(Cn2ccnc2)c2ccc(Cl)cc2Cl)c(Cl)c1. The second-order valence-corrected chi connectivity index (χ2v) is 12.9. The largest absolute Gasteiger partial charge is 0.481 e. The highest BCUT2D eigenvalue weighted by atomic mass is 35.5. The monoisotopic (exact) mass is 696 g/mol. The summed E-state index contributed by atoms with van der Waals surface area (Å²) < 4.78 is 8.05. The van der Waals surface area contributed by atoms with Gasteiger partial charge in [0, 0.05) is 44.5 Å². The third-order valence-corrected chi connectivity index (χ3v) is 8.50. The van der Waals surface area contributed by atoms with Crippen LogP contribution in [0.25, 0.3) is 0 Å². The fourth-order valence-corrected chi connectivity index (χ4v) is 5.76. The van der Waals surface area contributed by atoms with Gasteiger partial charge in [-0.15, -0.1) is 0 Å². The smallest absolute Gasteiger partial charge is 0.303 e. The molecule has 1 aromatic heterocycles. The second-order valence-electron chi connectivity index (χ2n) is 11.2. The molecule has 0 saturated carbocycles. The average molecular weight is 699 g/mol. The van der Waals surface area contributed by atoms with Crippen LogP contribution >= 0.6 is 46.4 Å². The maximum absolute atomic E-state index is 10.3. The lowest BCUT2D eigenvalue weighted by Gasteiger charge is -2.21. The fourth-order valence-electron chi connectivity index (χ4n) is 4.77. The number of carboxylic acid groups (broad SMARTS) is 1. The van der Waals surface area contributed by atoms with Crippen LogP contribution in [-0.4, -0.2) is 20.6 Å². The van der Waals surface area contributed by atoms with Gasteiger partial charge in [-0.3, -0.25) is 4.79 Å². The molecule has 0 saturated heterocycles. The van der Waals surface area contributed by atoms with Crippen LogP contribution in [-0.2, 0) is 22.7 Å². The van der Waals surface area contributed by atoms with Gasteiger partial charge in [0.1, 0.15) is 6.10 Å². The fraction of sp³-hybridized carbons (Fsp3) is 0.500. The molecule has 2 aromatic carbocycles. The molecule has 1 unspecified atom stereocenters. The summed E-state index contributed by atoms with van der Waals surface area (Å²) in [4.78, 5) is 14.4. The lowest BCUT2D eigenvalue weighted by molar-refractivity contribution is -0.137. The van der Waals surface area contributed by atoms with Crippen molar-refractivity contribution in [1.29, 1.82) is 0 Å². The second kappa shape index (κ2) is 24.2. The number of carboxylic acids is 1.